The molecule has 0 atom stereocenters. The standard InChI is InChI=1S/C14H23NO/c1-3-4-5-6-10-16-14-9-7-8-13(11-14)12-15-2/h7-9,11,15H,3-6,10,12H2,1-2H3. The van der Waals surface area contributed by atoms with E-state index in [1.54, 1.807) is 0 Å². The third-order valence-electron chi connectivity index (χ3n) is 2.55. The van der Waals surface area contributed by atoms with E-state index in [-0.39, 0.29) is 0 Å². The molecule has 0 heterocycles. The summed E-state index contributed by atoms with van der Waals surface area (Å²) < 4.78 is 5.71. The third-order valence-corrected chi connectivity index (χ3v) is 2.55. The number of rotatable bonds is 8. The zero-order valence-electron chi connectivity index (χ0n) is 10.5. The largest absolute Gasteiger partial charge is 0.494 e. The van der Waals surface area contributed by atoms with Crippen LogP contribution in [0, 0.1) is 0 Å². The summed E-state index contributed by atoms with van der Waals surface area (Å²) in [7, 11) is 1.96. The maximum Gasteiger partial charge on any atom is 0.119 e. The molecule has 0 bridgehead atoms. The van der Waals surface area contributed by atoms with E-state index >= 15 is 0 Å². The molecule has 0 fully saturated rings. The monoisotopic (exact) mass is 221 g/mol. The smallest absolute Gasteiger partial charge is 0.119 e. The normalized spacial score (nSPS) is 10.4. The molecule has 0 unspecified atom stereocenters. The van der Waals surface area contributed by atoms with Crippen LogP contribution in [0.15, 0.2) is 24.3 Å². The van der Waals surface area contributed by atoms with Crippen molar-refractivity contribution in [3.63, 3.8) is 0 Å². The Bertz CT molecular complexity index is 286. The molecule has 0 aliphatic heterocycles. The summed E-state index contributed by atoms with van der Waals surface area (Å²) in [4.78, 5) is 0. The first-order chi connectivity index (χ1) is 7.86. The molecule has 90 valence electrons. The van der Waals surface area contributed by atoms with E-state index < -0.39 is 0 Å². The van der Waals surface area contributed by atoms with Gasteiger partial charge in [-0.1, -0.05) is 38.3 Å². The van der Waals surface area contributed by atoms with Gasteiger partial charge in [0.15, 0.2) is 0 Å². The second-order valence-electron chi connectivity index (χ2n) is 4.09. The van der Waals surface area contributed by atoms with E-state index in [1.807, 2.05) is 19.2 Å². The molecular formula is C14H23NO. The summed E-state index contributed by atoms with van der Waals surface area (Å²) in [6.07, 6.45) is 5.01. The van der Waals surface area contributed by atoms with Gasteiger partial charge in [-0.15, -0.1) is 0 Å². The van der Waals surface area contributed by atoms with Crippen molar-refractivity contribution in [3.8, 4) is 5.75 Å². The Balaban J connectivity index is 2.27. The van der Waals surface area contributed by atoms with Crippen LogP contribution in [0.4, 0.5) is 0 Å². The lowest BCUT2D eigenvalue weighted by Gasteiger charge is -2.07. The van der Waals surface area contributed by atoms with Crippen LogP contribution in [0.1, 0.15) is 38.2 Å². The van der Waals surface area contributed by atoms with E-state index in [0.29, 0.717) is 0 Å². The fourth-order valence-electron chi connectivity index (χ4n) is 1.67. The third kappa shape index (κ3) is 5.17. The number of ether oxygens (including phenoxy) is 1. The van der Waals surface area contributed by atoms with Crippen molar-refractivity contribution >= 4 is 0 Å². The van der Waals surface area contributed by atoms with E-state index in [4.69, 9.17) is 4.74 Å². The Morgan fingerprint density at radius 1 is 1.19 bits per heavy atom. The molecule has 0 aromatic heterocycles. The van der Waals surface area contributed by atoms with Gasteiger partial charge in [-0.2, -0.15) is 0 Å². The highest BCUT2D eigenvalue weighted by Crippen LogP contribution is 2.13. The molecule has 16 heavy (non-hydrogen) atoms. The average Bonchev–Trinajstić information content (AvgIpc) is 2.30. The molecule has 0 amide bonds. The van der Waals surface area contributed by atoms with Crippen molar-refractivity contribution in [1.82, 2.24) is 5.32 Å². The lowest BCUT2D eigenvalue weighted by Crippen LogP contribution is -2.05. The van der Waals surface area contributed by atoms with Crippen molar-refractivity contribution < 1.29 is 4.74 Å². The maximum absolute atomic E-state index is 5.71. The second kappa shape index (κ2) is 8.17. The molecular weight excluding hydrogens is 198 g/mol. The first-order valence-corrected chi connectivity index (χ1v) is 6.23. The minimum Gasteiger partial charge on any atom is -0.494 e. The molecule has 0 aliphatic carbocycles. The number of unbranched alkanes of at least 4 members (excludes halogenated alkanes) is 3. The van der Waals surface area contributed by atoms with Crippen molar-refractivity contribution in [2.75, 3.05) is 13.7 Å². The zero-order chi connectivity index (χ0) is 11.6. The molecule has 2 heteroatoms. The predicted octanol–water partition coefficient (Wildman–Crippen LogP) is 3.37. The SMILES string of the molecule is CCCCCCOc1cccc(CNC)c1. The molecule has 1 rings (SSSR count). The lowest BCUT2D eigenvalue weighted by molar-refractivity contribution is 0.305. The van der Waals surface area contributed by atoms with E-state index in [0.717, 1.165) is 25.3 Å². The van der Waals surface area contributed by atoms with Crippen LogP contribution < -0.4 is 10.1 Å². The summed E-state index contributed by atoms with van der Waals surface area (Å²) in [5.41, 5.74) is 1.27. The van der Waals surface area contributed by atoms with Gasteiger partial charge < -0.3 is 10.1 Å². The van der Waals surface area contributed by atoms with Crippen LogP contribution in [0.2, 0.25) is 0 Å². The molecule has 1 N–H and O–H groups in total. The van der Waals surface area contributed by atoms with Crippen molar-refractivity contribution in [2.24, 2.45) is 0 Å². The van der Waals surface area contributed by atoms with Crippen LogP contribution in [0.25, 0.3) is 0 Å². The highest BCUT2D eigenvalue weighted by atomic mass is 16.5. The van der Waals surface area contributed by atoms with Gasteiger partial charge in [0, 0.05) is 6.54 Å². The van der Waals surface area contributed by atoms with Gasteiger partial charge in [-0.05, 0) is 31.2 Å². The summed E-state index contributed by atoms with van der Waals surface area (Å²) in [5.74, 6) is 0.990. The van der Waals surface area contributed by atoms with Gasteiger partial charge in [-0.3, -0.25) is 0 Å². The Morgan fingerprint density at radius 2 is 2.06 bits per heavy atom. The summed E-state index contributed by atoms with van der Waals surface area (Å²) in [6.45, 7) is 3.96. The van der Waals surface area contributed by atoms with Gasteiger partial charge in [0.05, 0.1) is 6.61 Å². The van der Waals surface area contributed by atoms with E-state index in [9.17, 15) is 0 Å². The molecule has 2 nitrogen and oxygen atoms in total. The molecule has 0 spiro atoms. The van der Waals surface area contributed by atoms with Crippen molar-refractivity contribution in [3.05, 3.63) is 29.8 Å². The minimum atomic E-state index is 0.836. The Hall–Kier alpha value is -1.02. The van der Waals surface area contributed by atoms with E-state index in [2.05, 4.69) is 24.4 Å². The van der Waals surface area contributed by atoms with Crippen molar-refractivity contribution in [2.45, 2.75) is 39.2 Å². The van der Waals surface area contributed by atoms with Gasteiger partial charge >= 0.3 is 0 Å². The predicted molar refractivity (Wildman–Crippen MR) is 68.8 cm³/mol. The van der Waals surface area contributed by atoms with Crippen LogP contribution in [0.5, 0.6) is 5.75 Å². The average molecular weight is 221 g/mol. The van der Waals surface area contributed by atoms with Gasteiger partial charge in [0.1, 0.15) is 5.75 Å². The molecule has 0 saturated heterocycles. The maximum atomic E-state index is 5.71. The number of hydrogen-bond donors (Lipinski definition) is 1. The number of benzene rings is 1. The topological polar surface area (TPSA) is 21.3 Å². The van der Waals surface area contributed by atoms with Gasteiger partial charge in [0.25, 0.3) is 0 Å². The van der Waals surface area contributed by atoms with Gasteiger partial charge in [0.2, 0.25) is 0 Å². The highest BCUT2D eigenvalue weighted by Gasteiger charge is 1.96. The van der Waals surface area contributed by atoms with Crippen molar-refractivity contribution in [1.29, 1.82) is 0 Å². The first-order valence-electron chi connectivity index (χ1n) is 6.23. The number of hydrogen-bond acceptors (Lipinski definition) is 2. The van der Waals surface area contributed by atoms with Crippen LogP contribution in [0.3, 0.4) is 0 Å². The molecule has 0 saturated carbocycles. The molecule has 1 aromatic carbocycles. The highest BCUT2D eigenvalue weighted by molar-refractivity contribution is 5.28. The number of nitrogens with one attached hydrogen (secondary N) is 1. The van der Waals surface area contributed by atoms with Crippen LogP contribution >= 0.6 is 0 Å². The lowest BCUT2D eigenvalue weighted by atomic mass is 10.2. The fourth-order valence-corrected chi connectivity index (χ4v) is 1.67. The Kier molecular flexibility index (Phi) is 6.66. The molecule has 0 aliphatic rings. The van der Waals surface area contributed by atoms with Gasteiger partial charge in [-0.25, -0.2) is 0 Å². The quantitative estimate of drug-likeness (QED) is 0.680. The summed E-state index contributed by atoms with van der Waals surface area (Å²) in [6, 6.07) is 8.30. The Morgan fingerprint density at radius 3 is 2.81 bits per heavy atom. The van der Waals surface area contributed by atoms with Crippen LogP contribution in [-0.4, -0.2) is 13.7 Å². The van der Waals surface area contributed by atoms with Crippen LogP contribution in [-0.2, 0) is 6.54 Å². The summed E-state index contributed by atoms with van der Waals surface area (Å²) in [5, 5.41) is 3.14. The van der Waals surface area contributed by atoms with E-state index in [1.165, 1.54) is 24.8 Å². The minimum absolute atomic E-state index is 0.836. The summed E-state index contributed by atoms with van der Waals surface area (Å²) >= 11 is 0. The molecule has 1 aromatic rings. The molecule has 0 radical (unpaired) electrons. The Labute approximate surface area is 99.0 Å². The first kappa shape index (κ1) is 13.0. The fraction of sp³-hybridized carbons (Fsp3) is 0.571. The zero-order valence-corrected chi connectivity index (χ0v) is 10.5. The second-order valence-corrected chi connectivity index (χ2v) is 4.09.